The molecular weight excluding hydrogens is 348 g/mol. The van der Waals surface area contributed by atoms with Crippen LogP contribution < -0.4 is 10.6 Å². The van der Waals surface area contributed by atoms with E-state index in [1.807, 2.05) is 48.5 Å². The van der Waals surface area contributed by atoms with Crippen LogP contribution in [-0.4, -0.2) is 11.8 Å². The summed E-state index contributed by atoms with van der Waals surface area (Å²) in [6, 6.07) is 15.2. The maximum atomic E-state index is 12.7. The molecule has 0 atom stereocenters. The highest BCUT2D eigenvalue weighted by atomic mass is 35.5. The molecule has 4 nitrogen and oxygen atoms in total. The molecule has 2 aromatic carbocycles. The molecule has 5 heteroatoms. The number of rotatable bonds is 6. The van der Waals surface area contributed by atoms with Gasteiger partial charge in [-0.2, -0.15) is 0 Å². The van der Waals surface area contributed by atoms with E-state index in [0.717, 1.165) is 42.5 Å². The molecule has 2 aromatic rings. The van der Waals surface area contributed by atoms with Crippen LogP contribution in [-0.2, 0) is 21.5 Å². The lowest BCUT2D eigenvalue weighted by Crippen LogP contribution is -2.34. The summed E-state index contributed by atoms with van der Waals surface area (Å²) in [4.78, 5) is 24.6. The summed E-state index contributed by atoms with van der Waals surface area (Å²) < 4.78 is 0. The van der Waals surface area contributed by atoms with E-state index in [1.165, 1.54) is 0 Å². The second-order valence-corrected chi connectivity index (χ2v) is 7.67. The number of hydrogen-bond acceptors (Lipinski definition) is 2. The molecule has 26 heavy (non-hydrogen) atoms. The monoisotopic (exact) mass is 368 g/mol. The van der Waals surface area contributed by atoms with Crippen molar-refractivity contribution in [2.75, 3.05) is 5.32 Å². The van der Waals surface area contributed by atoms with Gasteiger partial charge in [0.05, 0.1) is 5.41 Å². The molecule has 2 aliphatic carbocycles. The Bertz CT molecular complexity index is 839. The summed E-state index contributed by atoms with van der Waals surface area (Å²) in [6.07, 6.45) is 3.68. The van der Waals surface area contributed by atoms with Crippen molar-refractivity contribution in [3.63, 3.8) is 0 Å². The van der Waals surface area contributed by atoms with E-state index in [1.54, 1.807) is 0 Å². The first kappa shape index (κ1) is 17.1. The van der Waals surface area contributed by atoms with E-state index < -0.39 is 5.41 Å². The molecule has 0 aromatic heterocycles. The van der Waals surface area contributed by atoms with Crippen LogP contribution in [0.3, 0.4) is 0 Å². The predicted octanol–water partition coefficient (Wildman–Crippen LogP) is 4.04. The van der Waals surface area contributed by atoms with Crippen molar-refractivity contribution in [3.05, 3.63) is 64.7 Å². The number of hydrogen-bond donors (Lipinski definition) is 2. The largest absolute Gasteiger partial charge is 0.351 e. The standard InChI is InChI=1S/C21H21ClN2O2/c22-17-8-6-16(7-9-17)21(10-11-21)20(26)23-13-14-2-1-3-18(12-14)24-19(25)15-4-5-15/h1-3,6-9,12,15H,4-5,10-11,13H2,(H,23,26)(H,24,25). The van der Waals surface area contributed by atoms with Gasteiger partial charge in [0.2, 0.25) is 11.8 Å². The topological polar surface area (TPSA) is 58.2 Å². The molecule has 0 aliphatic heterocycles. The Kier molecular flexibility index (Phi) is 4.45. The molecule has 4 rings (SSSR count). The quantitative estimate of drug-likeness (QED) is 0.808. The van der Waals surface area contributed by atoms with Crippen LogP contribution in [0.4, 0.5) is 5.69 Å². The molecule has 0 bridgehead atoms. The third-order valence-electron chi connectivity index (χ3n) is 5.18. The third-order valence-corrected chi connectivity index (χ3v) is 5.43. The second kappa shape index (κ2) is 6.76. The van der Waals surface area contributed by atoms with E-state index in [4.69, 9.17) is 11.6 Å². The number of nitrogens with one attached hydrogen (secondary N) is 2. The number of anilines is 1. The number of amides is 2. The predicted molar refractivity (Wildman–Crippen MR) is 102 cm³/mol. The Hall–Kier alpha value is -2.33. The normalized spacial score (nSPS) is 17.4. The van der Waals surface area contributed by atoms with Crippen molar-refractivity contribution in [1.82, 2.24) is 5.32 Å². The van der Waals surface area contributed by atoms with Gasteiger partial charge >= 0.3 is 0 Å². The van der Waals surface area contributed by atoms with Gasteiger partial charge in [-0.15, -0.1) is 0 Å². The zero-order valence-electron chi connectivity index (χ0n) is 14.4. The van der Waals surface area contributed by atoms with Gasteiger partial charge in [0, 0.05) is 23.2 Å². The lowest BCUT2D eigenvalue weighted by atomic mass is 9.95. The summed E-state index contributed by atoms with van der Waals surface area (Å²) >= 11 is 5.95. The summed E-state index contributed by atoms with van der Waals surface area (Å²) in [5.41, 5.74) is 2.36. The molecule has 0 saturated heterocycles. The van der Waals surface area contributed by atoms with E-state index in [-0.39, 0.29) is 17.7 Å². The van der Waals surface area contributed by atoms with Gasteiger partial charge in [-0.1, -0.05) is 35.9 Å². The Balaban J connectivity index is 1.38. The highest BCUT2D eigenvalue weighted by Gasteiger charge is 2.51. The highest BCUT2D eigenvalue weighted by Crippen LogP contribution is 2.48. The average Bonchev–Trinajstić information content (AvgIpc) is 3.54. The average molecular weight is 369 g/mol. The molecule has 2 fully saturated rings. The van der Waals surface area contributed by atoms with Crippen LogP contribution in [0, 0.1) is 5.92 Å². The number of carbonyl (C=O) groups is 2. The molecule has 0 heterocycles. The minimum atomic E-state index is -0.414. The SMILES string of the molecule is O=C(Nc1cccc(CNC(=O)C2(c3ccc(Cl)cc3)CC2)c1)C1CC1. The van der Waals surface area contributed by atoms with E-state index in [2.05, 4.69) is 10.6 Å². The van der Waals surface area contributed by atoms with E-state index in [9.17, 15) is 9.59 Å². The van der Waals surface area contributed by atoms with Gasteiger partial charge in [0.1, 0.15) is 0 Å². The fourth-order valence-electron chi connectivity index (χ4n) is 3.24. The van der Waals surface area contributed by atoms with E-state index >= 15 is 0 Å². The Morgan fingerprint density at radius 2 is 1.81 bits per heavy atom. The summed E-state index contributed by atoms with van der Waals surface area (Å²) in [5, 5.41) is 6.66. The first-order valence-electron chi connectivity index (χ1n) is 9.01. The van der Waals surface area contributed by atoms with Crippen molar-refractivity contribution in [1.29, 1.82) is 0 Å². The van der Waals surface area contributed by atoms with Gasteiger partial charge in [-0.25, -0.2) is 0 Å². The molecule has 0 radical (unpaired) electrons. The van der Waals surface area contributed by atoms with Gasteiger partial charge in [-0.05, 0) is 61.1 Å². The maximum absolute atomic E-state index is 12.7. The van der Waals surface area contributed by atoms with Crippen LogP contribution in [0.5, 0.6) is 0 Å². The van der Waals surface area contributed by atoms with Crippen molar-refractivity contribution in [3.8, 4) is 0 Å². The second-order valence-electron chi connectivity index (χ2n) is 7.24. The fraction of sp³-hybridized carbons (Fsp3) is 0.333. The van der Waals surface area contributed by atoms with Crippen LogP contribution >= 0.6 is 11.6 Å². The van der Waals surface area contributed by atoms with Crippen LogP contribution in [0.2, 0.25) is 5.02 Å². The lowest BCUT2D eigenvalue weighted by Gasteiger charge is -2.16. The minimum Gasteiger partial charge on any atom is -0.351 e. The van der Waals surface area contributed by atoms with Crippen LogP contribution in [0.15, 0.2) is 48.5 Å². The molecule has 2 amide bonds. The van der Waals surface area contributed by atoms with Gasteiger partial charge in [0.25, 0.3) is 0 Å². The zero-order valence-corrected chi connectivity index (χ0v) is 15.2. The minimum absolute atomic E-state index is 0.0484. The van der Waals surface area contributed by atoms with Crippen LogP contribution in [0.25, 0.3) is 0 Å². The molecule has 2 N–H and O–H groups in total. The summed E-state index contributed by atoms with van der Waals surface area (Å²) in [7, 11) is 0. The number of halogens is 1. The zero-order chi connectivity index (χ0) is 18.1. The molecule has 2 saturated carbocycles. The van der Waals surface area contributed by atoms with Crippen LogP contribution in [0.1, 0.15) is 36.8 Å². The van der Waals surface area contributed by atoms with Gasteiger partial charge in [0.15, 0.2) is 0 Å². The maximum Gasteiger partial charge on any atom is 0.230 e. The smallest absolute Gasteiger partial charge is 0.230 e. The van der Waals surface area contributed by atoms with Gasteiger partial charge < -0.3 is 10.6 Å². The molecule has 0 unspecified atom stereocenters. The van der Waals surface area contributed by atoms with E-state index in [0.29, 0.717) is 11.6 Å². The number of carbonyl (C=O) groups excluding carboxylic acids is 2. The number of benzene rings is 2. The van der Waals surface area contributed by atoms with Crippen molar-refractivity contribution >= 4 is 29.1 Å². The van der Waals surface area contributed by atoms with Crippen molar-refractivity contribution in [2.45, 2.75) is 37.6 Å². The molecule has 0 spiro atoms. The first-order chi connectivity index (χ1) is 12.6. The van der Waals surface area contributed by atoms with Gasteiger partial charge in [-0.3, -0.25) is 9.59 Å². The first-order valence-corrected chi connectivity index (χ1v) is 9.39. The Morgan fingerprint density at radius 1 is 1.08 bits per heavy atom. The van der Waals surface area contributed by atoms with Crippen molar-refractivity contribution < 1.29 is 9.59 Å². The third kappa shape index (κ3) is 3.61. The Morgan fingerprint density at radius 3 is 2.46 bits per heavy atom. The Labute approximate surface area is 157 Å². The lowest BCUT2D eigenvalue weighted by molar-refractivity contribution is -0.123. The summed E-state index contributed by atoms with van der Waals surface area (Å²) in [5.74, 6) is 0.311. The molecular formula is C21H21ClN2O2. The van der Waals surface area contributed by atoms with Crippen molar-refractivity contribution in [2.24, 2.45) is 5.92 Å². The molecule has 2 aliphatic rings. The fourth-order valence-corrected chi connectivity index (χ4v) is 3.37. The summed E-state index contributed by atoms with van der Waals surface area (Å²) in [6.45, 7) is 0.446. The highest BCUT2D eigenvalue weighted by molar-refractivity contribution is 6.30. The molecule has 134 valence electrons.